The predicted molar refractivity (Wildman–Crippen MR) is 36.4 cm³/mol. The van der Waals surface area contributed by atoms with Crippen LogP contribution in [0.5, 0.6) is 0 Å². The number of hydrogen-bond donors (Lipinski definition) is 0. The van der Waals surface area contributed by atoms with Gasteiger partial charge in [-0.3, -0.25) is 0 Å². The molecule has 3 heteroatoms. The van der Waals surface area contributed by atoms with Gasteiger partial charge < -0.3 is 4.74 Å². The van der Waals surface area contributed by atoms with E-state index in [1.54, 1.807) is 0 Å². The minimum atomic E-state index is -0.148. The molecule has 0 aliphatic heterocycles. The molecule has 0 aliphatic carbocycles. The molecule has 0 N–H and O–H groups in total. The largest absolute Gasteiger partial charge is 0.374 e. The van der Waals surface area contributed by atoms with Crippen LogP contribution < -0.4 is 0 Å². The van der Waals surface area contributed by atoms with E-state index in [2.05, 4.69) is 5.18 Å². The highest BCUT2D eigenvalue weighted by atomic mass is 16.5. The Labute approximate surface area is 55.4 Å². The van der Waals surface area contributed by atoms with Gasteiger partial charge in [0.25, 0.3) is 0 Å². The maximum absolute atomic E-state index is 9.56. The molecule has 0 bridgehead atoms. The Morgan fingerprint density at radius 2 is 2.00 bits per heavy atom. The van der Waals surface area contributed by atoms with Crippen LogP contribution >= 0.6 is 0 Å². The molecule has 0 rings (SSSR count). The van der Waals surface area contributed by atoms with Crippen LogP contribution in [0.2, 0.25) is 0 Å². The van der Waals surface area contributed by atoms with Crippen molar-refractivity contribution in [2.45, 2.75) is 26.4 Å². The minimum absolute atomic E-state index is 0.148. The summed E-state index contributed by atoms with van der Waals surface area (Å²) in [6, 6.07) is 0. The van der Waals surface area contributed by atoms with E-state index in [4.69, 9.17) is 4.74 Å². The molecule has 0 radical (unpaired) electrons. The van der Waals surface area contributed by atoms with Crippen molar-refractivity contribution in [1.29, 1.82) is 0 Å². The van der Waals surface area contributed by atoms with Gasteiger partial charge in [-0.15, -0.1) is 0 Å². The first-order valence-corrected chi connectivity index (χ1v) is 2.99. The Morgan fingerprint density at radius 1 is 1.44 bits per heavy atom. The smallest absolute Gasteiger partial charge is 0.104 e. The molecule has 0 heterocycles. The lowest BCUT2D eigenvalue weighted by molar-refractivity contribution is 0.00203. The van der Waals surface area contributed by atoms with Crippen molar-refractivity contribution in [2.24, 2.45) is 5.18 Å². The lowest BCUT2D eigenvalue weighted by Crippen LogP contribution is -2.20. The zero-order chi connectivity index (χ0) is 7.33. The first kappa shape index (κ1) is 8.56. The number of hydrogen-bond acceptors (Lipinski definition) is 3. The van der Waals surface area contributed by atoms with E-state index >= 15 is 0 Å². The Bertz CT molecular complexity index is 85.5. The molecule has 0 amide bonds. The third-order valence-corrected chi connectivity index (χ3v) is 0.718. The van der Waals surface area contributed by atoms with Crippen LogP contribution in [0.1, 0.15) is 20.8 Å². The second kappa shape index (κ2) is 3.56. The Hall–Kier alpha value is -0.440. The standard InChI is InChI=1S/C6H13NO2/c1-6(2,3)9-5-4-7-8/h4-5H2,1-3H3. The van der Waals surface area contributed by atoms with Crippen LogP contribution in [0.4, 0.5) is 0 Å². The highest BCUT2D eigenvalue weighted by Crippen LogP contribution is 2.05. The zero-order valence-corrected chi connectivity index (χ0v) is 6.18. The average molecular weight is 131 g/mol. The van der Waals surface area contributed by atoms with Gasteiger partial charge in [0.05, 0.1) is 12.2 Å². The van der Waals surface area contributed by atoms with Crippen molar-refractivity contribution in [1.82, 2.24) is 0 Å². The summed E-state index contributed by atoms with van der Waals surface area (Å²) in [5, 5.41) is 2.66. The Balaban J connectivity index is 3.17. The van der Waals surface area contributed by atoms with E-state index < -0.39 is 0 Å². The zero-order valence-electron chi connectivity index (χ0n) is 6.18. The topological polar surface area (TPSA) is 38.7 Å². The van der Waals surface area contributed by atoms with E-state index in [1.807, 2.05) is 20.8 Å². The van der Waals surface area contributed by atoms with Gasteiger partial charge in [-0.05, 0) is 20.8 Å². The maximum Gasteiger partial charge on any atom is 0.104 e. The molecule has 0 aromatic heterocycles. The summed E-state index contributed by atoms with van der Waals surface area (Å²) < 4.78 is 5.18. The molecular formula is C6H13NO2. The van der Waals surface area contributed by atoms with Crippen LogP contribution in [0.25, 0.3) is 0 Å². The van der Waals surface area contributed by atoms with Crippen molar-refractivity contribution in [3.05, 3.63) is 4.91 Å². The van der Waals surface area contributed by atoms with Gasteiger partial charge >= 0.3 is 0 Å². The van der Waals surface area contributed by atoms with Crippen LogP contribution in [0.3, 0.4) is 0 Å². The molecular weight excluding hydrogens is 118 g/mol. The first-order valence-electron chi connectivity index (χ1n) is 2.99. The van der Waals surface area contributed by atoms with Gasteiger partial charge in [0.2, 0.25) is 0 Å². The Morgan fingerprint density at radius 3 is 2.33 bits per heavy atom. The summed E-state index contributed by atoms with van der Waals surface area (Å²) in [4.78, 5) is 9.56. The van der Waals surface area contributed by atoms with E-state index in [0.717, 1.165) is 0 Å². The lowest BCUT2D eigenvalue weighted by atomic mass is 10.2. The Kier molecular flexibility index (Phi) is 3.39. The summed E-state index contributed by atoms with van der Waals surface area (Å²) in [6.45, 7) is 6.50. The summed E-state index contributed by atoms with van der Waals surface area (Å²) in [5.74, 6) is 0. The third-order valence-electron chi connectivity index (χ3n) is 0.718. The molecule has 54 valence electrons. The molecule has 0 aliphatic rings. The molecule has 9 heavy (non-hydrogen) atoms. The highest BCUT2D eigenvalue weighted by molar-refractivity contribution is 4.58. The molecule has 0 saturated carbocycles. The van der Waals surface area contributed by atoms with Crippen LogP contribution in [0.15, 0.2) is 5.18 Å². The van der Waals surface area contributed by atoms with E-state index in [9.17, 15) is 4.91 Å². The molecule has 0 fully saturated rings. The third kappa shape index (κ3) is 7.56. The van der Waals surface area contributed by atoms with Crippen LogP contribution in [-0.2, 0) is 4.74 Å². The second-order valence-electron chi connectivity index (χ2n) is 2.81. The lowest BCUT2D eigenvalue weighted by Gasteiger charge is -2.17. The normalized spacial score (nSPS) is 11.4. The highest BCUT2D eigenvalue weighted by Gasteiger charge is 2.08. The number of nitroso groups, excluding NO2 is 1. The summed E-state index contributed by atoms with van der Waals surface area (Å²) in [5.41, 5.74) is -0.148. The second-order valence-corrected chi connectivity index (χ2v) is 2.81. The molecule has 3 nitrogen and oxygen atoms in total. The summed E-state index contributed by atoms with van der Waals surface area (Å²) in [6.07, 6.45) is 0. The predicted octanol–water partition coefficient (Wildman–Crippen LogP) is 1.57. The van der Waals surface area contributed by atoms with Gasteiger partial charge in [-0.25, -0.2) is 0 Å². The molecule has 0 unspecified atom stereocenters. The van der Waals surface area contributed by atoms with Crippen molar-refractivity contribution >= 4 is 0 Å². The van der Waals surface area contributed by atoms with Gasteiger partial charge in [0.1, 0.15) is 6.54 Å². The van der Waals surface area contributed by atoms with Crippen LogP contribution in [-0.4, -0.2) is 18.8 Å². The fourth-order valence-corrected chi connectivity index (χ4v) is 0.389. The average Bonchev–Trinajstić information content (AvgIpc) is 1.63. The number of ether oxygens (including phenoxy) is 1. The molecule has 0 saturated heterocycles. The SMILES string of the molecule is CC(C)(C)OCCN=O. The van der Waals surface area contributed by atoms with Gasteiger partial charge in [-0.1, -0.05) is 5.18 Å². The first-order chi connectivity index (χ1) is 4.06. The van der Waals surface area contributed by atoms with Crippen LogP contribution in [0, 0.1) is 4.91 Å². The molecule has 0 spiro atoms. The van der Waals surface area contributed by atoms with Crippen molar-refractivity contribution in [2.75, 3.05) is 13.2 Å². The van der Waals surface area contributed by atoms with Gasteiger partial charge in [0, 0.05) is 0 Å². The fourth-order valence-electron chi connectivity index (χ4n) is 0.389. The van der Waals surface area contributed by atoms with E-state index in [0.29, 0.717) is 6.61 Å². The van der Waals surface area contributed by atoms with Crippen molar-refractivity contribution in [3.63, 3.8) is 0 Å². The minimum Gasteiger partial charge on any atom is -0.374 e. The quantitative estimate of drug-likeness (QED) is 0.430. The number of rotatable bonds is 3. The maximum atomic E-state index is 9.56. The van der Waals surface area contributed by atoms with E-state index in [-0.39, 0.29) is 12.1 Å². The summed E-state index contributed by atoms with van der Waals surface area (Å²) in [7, 11) is 0. The molecule has 0 atom stereocenters. The van der Waals surface area contributed by atoms with Crippen molar-refractivity contribution in [3.8, 4) is 0 Å². The van der Waals surface area contributed by atoms with E-state index in [1.165, 1.54) is 0 Å². The summed E-state index contributed by atoms with van der Waals surface area (Å²) >= 11 is 0. The number of nitrogens with zero attached hydrogens (tertiary/aromatic N) is 1. The van der Waals surface area contributed by atoms with Crippen molar-refractivity contribution < 1.29 is 4.74 Å². The monoisotopic (exact) mass is 131 g/mol. The van der Waals surface area contributed by atoms with Gasteiger partial charge in [-0.2, -0.15) is 4.91 Å². The molecule has 0 aromatic carbocycles. The fraction of sp³-hybridized carbons (Fsp3) is 1.00. The molecule has 0 aromatic rings. The van der Waals surface area contributed by atoms with Gasteiger partial charge in [0.15, 0.2) is 0 Å².